The van der Waals surface area contributed by atoms with E-state index in [-0.39, 0.29) is 11.9 Å². The Hall–Kier alpha value is -2.01. The van der Waals surface area contributed by atoms with Crippen molar-refractivity contribution in [3.05, 3.63) is 30.0 Å². The second-order valence-corrected chi connectivity index (χ2v) is 4.21. The van der Waals surface area contributed by atoms with Crippen molar-refractivity contribution >= 4 is 16.9 Å². The molecule has 1 aliphatic heterocycles. The number of benzene rings is 1. The van der Waals surface area contributed by atoms with E-state index >= 15 is 0 Å². The highest BCUT2D eigenvalue weighted by molar-refractivity contribution is 5.93. The number of methoxy groups -OCH3 is 1. The summed E-state index contributed by atoms with van der Waals surface area (Å²) in [4.78, 5) is 11.8. The molecule has 1 aliphatic rings. The Morgan fingerprint density at radius 3 is 3.06 bits per heavy atom. The summed E-state index contributed by atoms with van der Waals surface area (Å²) in [5, 5.41) is 6.93. The fourth-order valence-corrected chi connectivity index (χ4v) is 2.28. The average Bonchev–Trinajstić information content (AvgIpc) is 2.83. The van der Waals surface area contributed by atoms with Crippen LogP contribution in [0, 0.1) is 0 Å². The van der Waals surface area contributed by atoms with Gasteiger partial charge in [-0.1, -0.05) is 12.1 Å². The first-order chi connectivity index (χ1) is 8.81. The molecule has 0 saturated carbocycles. The van der Waals surface area contributed by atoms with Gasteiger partial charge in [-0.15, -0.1) is 0 Å². The maximum absolute atomic E-state index is 11.8. The second-order valence-electron chi connectivity index (χ2n) is 4.21. The van der Waals surface area contributed by atoms with Crippen molar-refractivity contribution in [2.75, 3.05) is 20.2 Å². The fourth-order valence-electron chi connectivity index (χ4n) is 2.28. The summed E-state index contributed by atoms with van der Waals surface area (Å²) in [5.74, 6) is 0.654. The van der Waals surface area contributed by atoms with Crippen molar-refractivity contribution in [2.45, 2.75) is 6.04 Å². The molecule has 2 N–H and O–H groups in total. The third kappa shape index (κ3) is 1.64. The zero-order valence-electron chi connectivity index (χ0n) is 10.0. The Morgan fingerprint density at radius 1 is 1.39 bits per heavy atom. The number of piperazine rings is 1. The van der Waals surface area contributed by atoms with Crippen molar-refractivity contribution in [2.24, 2.45) is 0 Å². The van der Waals surface area contributed by atoms with Gasteiger partial charge in [-0.25, -0.2) is 0 Å². The van der Waals surface area contributed by atoms with E-state index in [9.17, 15) is 4.79 Å². The molecule has 1 aromatic carbocycles. The van der Waals surface area contributed by atoms with Gasteiger partial charge < -0.3 is 19.8 Å². The molecule has 2 heterocycles. The summed E-state index contributed by atoms with van der Waals surface area (Å²) >= 11 is 0. The molecule has 5 heteroatoms. The van der Waals surface area contributed by atoms with Crippen LogP contribution in [0.25, 0.3) is 11.0 Å². The Morgan fingerprint density at radius 2 is 2.28 bits per heavy atom. The molecule has 1 unspecified atom stereocenters. The molecule has 1 aromatic heterocycles. The molecule has 18 heavy (non-hydrogen) atoms. The molecular formula is C13H14N2O3. The Labute approximate surface area is 104 Å². The van der Waals surface area contributed by atoms with Crippen molar-refractivity contribution < 1.29 is 13.9 Å². The zero-order valence-corrected chi connectivity index (χ0v) is 10.0. The van der Waals surface area contributed by atoms with Crippen LogP contribution in [0.5, 0.6) is 5.75 Å². The van der Waals surface area contributed by atoms with Crippen molar-refractivity contribution in [3.8, 4) is 5.75 Å². The lowest BCUT2D eigenvalue weighted by atomic mass is 10.0. The summed E-state index contributed by atoms with van der Waals surface area (Å²) in [6.45, 7) is 1.42. The maximum atomic E-state index is 11.8. The van der Waals surface area contributed by atoms with Crippen molar-refractivity contribution in [1.29, 1.82) is 0 Å². The minimum Gasteiger partial charge on any atom is -0.493 e. The van der Waals surface area contributed by atoms with Gasteiger partial charge in [0, 0.05) is 24.0 Å². The molecule has 0 aliphatic carbocycles. The number of para-hydroxylation sites is 1. The van der Waals surface area contributed by atoms with Crippen LogP contribution in [0.3, 0.4) is 0 Å². The highest BCUT2D eigenvalue weighted by Crippen LogP contribution is 2.32. The lowest BCUT2D eigenvalue weighted by Crippen LogP contribution is -2.47. The summed E-state index contributed by atoms with van der Waals surface area (Å²) in [6.07, 6.45) is 1.62. The summed E-state index contributed by atoms with van der Waals surface area (Å²) in [7, 11) is 1.60. The first-order valence-electron chi connectivity index (χ1n) is 5.86. The lowest BCUT2D eigenvalue weighted by molar-refractivity contribution is -0.124. The minimum atomic E-state index is -0.355. The third-order valence-electron chi connectivity index (χ3n) is 3.16. The van der Waals surface area contributed by atoms with Gasteiger partial charge in [-0.3, -0.25) is 4.79 Å². The fraction of sp³-hybridized carbons (Fsp3) is 0.308. The SMILES string of the molecule is COc1cccc2c(C3NCCNC3=O)coc12. The van der Waals surface area contributed by atoms with Gasteiger partial charge in [0.05, 0.1) is 13.4 Å². The molecular weight excluding hydrogens is 232 g/mol. The molecule has 94 valence electrons. The van der Waals surface area contributed by atoms with E-state index in [0.29, 0.717) is 17.9 Å². The highest BCUT2D eigenvalue weighted by atomic mass is 16.5. The Kier molecular flexibility index (Phi) is 2.68. The molecule has 0 spiro atoms. The number of carbonyl (C=O) groups is 1. The number of fused-ring (bicyclic) bond motifs is 1. The van der Waals surface area contributed by atoms with Gasteiger partial charge in [0.2, 0.25) is 5.91 Å². The third-order valence-corrected chi connectivity index (χ3v) is 3.16. The molecule has 0 radical (unpaired) electrons. The summed E-state index contributed by atoms with van der Waals surface area (Å²) in [5.41, 5.74) is 1.52. The highest BCUT2D eigenvalue weighted by Gasteiger charge is 2.27. The van der Waals surface area contributed by atoms with Gasteiger partial charge >= 0.3 is 0 Å². The van der Waals surface area contributed by atoms with E-state index in [4.69, 9.17) is 9.15 Å². The quantitative estimate of drug-likeness (QED) is 0.835. The average molecular weight is 246 g/mol. The van der Waals surface area contributed by atoms with E-state index in [2.05, 4.69) is 10.6 Å². The van der Waals surface area contributed by atoms with Crippen LogP contribution in [-0.4, -0.2) is 26.1 Å². The number of ether oxygens (including phenoxy) is 1. The summed E-state index contributed by atoms with van der Waals surface area (Å²) < 4.78 is 10.8. The monoisotopic (exact) mass is 246 g/mol. The molecule has 3 rings (SSSR count). The predicted molar refractivity (Wildman–Crippen MR) is 66.5 cm³/mol. The van der Waals surface area contributed by atoms with Crippen LogP contribution in [-0.2, 0) is 4.79 Å². The molecule has 1 atom stereocenters. The van der Waals surface area contributed by atoms with E-state index in [1.807, 2.05) is 18.2 Å². The number of amides is 1. The zero-order chi connectivity index (χ0) is 12.5. The standard InChI is InChI=1S/C13H14N2O3/c1-17-10-4-2-3-8-9(7-18-12(8)10)11-13(16)15-6-5-14-11/h2-4,7,11,14H,5-6H2,1H3,(H,15,16). The van der Waals surface area contributed by atoms with E-state index in [1.165, 1.54) is 0 Å². The Bertz CT molecular complexity index is 591. The van der Waals surface area contributed by atoms with Gasteiger partial charge in [0.25, 0.3) is 0 Å². The lowest BCUT2D eigenvalue weighted by Gasteiger charge is -2.22. The molecule has 1 amide bonds. The van der Waals surface area contributed by atoms with E-state index in [0.717, 1.165) is 17.5 Å². The van der Waals surface area contributed by atoms with Crippen LogP contribution >= 0.6 is 0 Å². The van der Waals surface area contributed by atoms with Crippen LogP contribution in [0.2, 0.25) is 0 Å². The molecule has 5 nitrogen and oxygen atoms in total. The van der Waals surface area contributed by atoms with Crippen LogP contribution in [0.15, 0.2) is 28.9 Å². The number of carbonyl (C=O) groups excluding carboxylic acids is 1. The number of rotatable bonds is 2. The van der Waals surface area contributed by atoms with E-state index < -0.39 is 0 Å². The molecule has 1 saturated heterocycles. The van der Waals surface area contributed by atoms with Crippen molar-refractivity contribution in [1.82, 2.24) is 10.6 Å². The summed E-state index contributed by atoms with van der Waals surface area (Å²) in [6, 6.07) is 5.30. The van der Waals surface area contributed by atoms with Crippen LogP contribution < -0.4 is 15.4 Å². The van der Waals surface area contributed by atoms with Gasteiger partial charge in [-0.2, -0.15) is 0 Å². The Balaban J connectivity index is 2.09. The van der Waals surface area contributed by atoms with Crippen LogP contribution in [0.1, 0.15) is 11.6 Å². The minimum absolute atomic E-state index is 0.0215. The first-order valence-corrected chi connectivity index (χ1v) is 5.86. The number of hydrogen-bond donors (Lipinski definition) is 2. The largest absolute Gasteiger partial charge is 0.493 e. The smallest absolute Gasteiger partial charge is 0.241 e. The van der Waals surface area contributed by atoms with Gasteiger partial charge in [0.1, 0.15) is 6.04 Å². The number of nitrogens with one attached hydrogen (secondary N) is 2. The van der Waals surface area contributed by atoms with Gasteiger partial charge in [0.15, 0.2) is 11.3 Å². The second kappa shape index (κ2) is 4.34. The van der Waals surface area contributed by atoms with E-state index in [1.54, 1.807) is 13.4 Å². The normalized spacial score (nSPS) is 19.8. The first kappa shape index (κ1) is 11.1. The van der Waals surface area contributed by atoms with Crippen molar-refractivity contribution in [3.63, 3.8) is 0 Å². The van der Waals surface area contributed by atoms with Gasteiger partial charge in [-0.05, 0) is 6.07 Å². The number of furan rings is 1. The maximum Gasteiger partial charge on any atom is 0.241 e. The molecule has 0 bridgehead atoms. The van der Waals surface area contributed by atoms with Crippen LogP contribution in [0.4, 0.5) is 0 Å². The number of hydrogen-bond acceptors (Lipinski definition) is 4. The predicted octanol–water partition coefficient (Wildman–Crippen LogP) is 1.20. The topological polar surface area (TPSA) is 63.5 Å². The molecule has 1 fully saturated rings. The molecule has 2 aromatic rings.